The molecule has 1 unspecified atom stereocenters. The summed E-state index contributed by atoms with van der Waals surface area (Å²) in [6, 6.07) is 4.17. The molecule has 3 nitrogen and oxygen atoms in total. The molecule has 0 saturated carbocycles. The van der Waals surface area contributed by atoms with Gasteiger partial charge in [-0.05, 0) is 67.0 Å². The van der Waals surface area contributed by atoms with Crippen LogP contribution in [0.25, 0.3) is 0 Å². The Balaban J connectivity index is 1.87. The Morgan fingerprint density at radius 1 is 1.53 bits per heavy atom. The van der Waals surface area contributed by atoms with Crippen LogP contribution < -0.4 is 5.32 Å². The number of likely N-dealkylation sites (tertiary alicyclic amines) is 1. The van der Waals surface area contributed by atoms with Gasteiger partial charge in [0, 0.05) is 23.8 Å². The van der Waals surface area contributed by atoms with Gasteiger partial charge in [0.2, 0.25) is 0 Å². The second-order valence-electron chi connectivity index (χ2n) is 4.77. The van der Waals surface area contributed by atoms with Crippen molar-refractivity contribution in [3.63, 3.8) is 0 Å². The molecule has 1 saturated heterocycles. The van der Waals surface area contributed by atoms with Crippen molar-refractivity contribution in [1.82, 2.24) is 15.2 Å². The fraction of sp³-hybridized carbons (Fsp3) is 0.615. The van der Waals surface area contributed by atoms with Crippen molar-refractivity contribution in [3.05, 3.63) is 28.5 Å². The number of pyridine rings is 1. The molecular weight excluding hydrogens is 278 g/mol. The monoisotopic (exact) mass is 297 g/mol. The number of nitrogens with one attached hydrogen (secondary N) is 1. The molecule has 2 rings (SSSR count). The maximum Gasteiger partial charge on any atom is 0.0544 e. The largest absolute Gasteiger partial charge is 0.319 e. The van der Waals surface area contributed by atoms with Crippen LogP contribution in [0.5, 0.6) is 0 Å². The first kappa shape index (κ1) is 13.0. The second kappa shape index (κ2) is 6.47. The van der Waals surface area contributed by atoms with Crippen LogP contribution in [-0.2, 0) is 6.54 Å². The molecule has 2 heterocycles. The molecule has 0 amide bonds. The van der Waals surface area contributed by atoms with Gasteiger partial charge in [0.15, 0.2) is 0 Å². The highest BCUT2D eigenvalue weighted by molar-refractivity contribution is 9.10. The summed E-state index contributed by atoms with van der Waals surface area (Å²) in [4.78, 5) is 6.95. The third-order valence-corrected chi connectivity index (χ3v) is 3.74. The predicted octanol–water partition coefficient (Wildman–Crippen LogP) is 2.28. The zero-order chi connectivity index (χ0) is 12.1. The average molecular weight is 298 g/mol. The van der Waals surface area contributed by atoms with Gasteiger partial charge in [-0.2, -0.15) is 0 Å². The molecule has 1 aromatic heterocycles. The van der Waals surface area contributed by atoms with E-state index in [0.717, 1.165) is 23.5 Å². The van der Waals surface area contributed by atoms with Crippen LogP contribution in [0, 0.1) is 5.92 Å². The summed E-state index contributed by atoms with van der Waals surface area (Å²) in [6.45, 7) is 4.51. The molecule has 0 bridgehead atoms. The zero-order valence-corrected chi connectivity index (χ0v) is 11.9. The van der Waals surface area contributed by atoms with E-state index in [1.807, 2.05) is 13.2 Å². The molecule has 0 aliphatic carbocycles. The van der Waals surface area contributed by atoms with Gasteiger partial charge >= 0.3 is 0 Å². The SMILES string of the molecule is CNCC1CCCN(Cc2ccc(Br)cn2)C1. The lowest BCUT2D eigenvalue weighted by Gasteiger charge is -2.32. The van der Waals surface area contributed by atoms with Crippen molar-refractivity contribution in [2.75, 3.05) is 26.7 Å². The van der Waals surface area contributed by atoms with Gasteiger partial charge in [-0.15, -0.1) is 0 Å². The molecule has 0 aromatic carbocycles. The number of hydrogen-bond donors (Lipinski definition) is 1. The summed E-state index contributed by atoms with van der Waals surface area (Å²) < 4.78 is 1.05. The molecule has 4 heteroatoms. The lowest BCUT2D eigenvalue weighted by Crippen LogP contribution is -2.38. The summed E-state index contributed by atoms with van der Waals surface area (Å²) >= 11 is 3.42. The molecule has 1 atom stereocenters. The highest BCUT2D eigenvalue weighted by Crippen LogP contribution is 2.18. The Morgan fingerprint density at radius 2 is 2.41 bits per heavy atom. The lowest BCUT2D eigenvalue weighted by atomic mass is 9.98. The quantitative estimate of drug-likeness (QED) is 0.924. The van der Waals surface area contributed by atoms with Crippen molar-refractivity contribution < 1.29 is 0 Å². The summed E-state index contributed by atoms with van der Waals surface area (Å²) in [5.41, 5.74) is 1.17. The maximum absolute atomic E-state index is 4.44. The molecule has 0 radical (unpaired) electrons. The summed E-state index contributed by atoms with van der Waals surface area (Å²) in [5.74, 6) is 0.796. The fourth-order valence-corrected chi connectivity index (χ4v) is 2.71. The van der Waals surface area contributed by atoms with Crippen LogP contribution in [0.15, 0.2) is 22.8 Å². The van der Waals surface area contributed by atoms with Gasteiger partial charge in [-0.1, -0.05) is 0 Å². The summed E-state index contributed by atoms with van der Waals surface area (Å²) in [5, 5.41) is 3.28. The minimum atomic E-state index is 0.796. The van der Waals surface area contributed by atoms with Gasteiger partial charge in [-0.25, -0.2) is 0 Å². The maximum atomic E-state index is 4.44. The van der Waals surface area contributed by atoms with Crippen molar-refractivity contribution in [2.24, 2.45) is 5.92 Å². The zero-order valence-electron chi connectivity index (χ0n) is 10.3. The summed E-state index contributed by atoms with van der Waals surface area (Å²) in [7, 11) is 2.04. The molecule has 1 fully saturated rings. The predicted molar refractivity (Wildman–Crippen MR) is 73.9 cm³/mol. The number of nitrogens with zero attached hydrogens (tertiary/aromatic N) is 2. The van der Waals surface area contributed by atoms with Crippen molar-refractivity contribution in [2.45, 2.75) is 19.4 Å². The number of aromatic nitrogens is 1. The first-order chi connectivity index (χ1) is 8.28. The topological polar surface area (TPSA) is 28.2 Å². The van der Waals surface area contributed by atoms with Gasteiger partial charge in [0.05, 0.1) is 5.69 Å². The smallest absolute Gasteiger partial charge is 0.0544 e. The Morgan fingerprint density at radius 3 is 3.12 bits per heavy atom. The van der Waals surface area contributed by atoms with E-state index in [1.54, 1.807) is 0 Å². The van der Waals surface area contributed by atoms with E-state index < -0.39 is 0 Å². The molecule has 94 valence electrons. The van der Waals surface area contributed by atoms with Crippen LogP contribution in [-0.4, -0.2) is 36.6 Å². The van der Waals surface area contributed by atoms with Gasteiger partial charge in [-0.3, -0.25) is 9.88 Å². The van der Waals surface area contributed by atoms with Gasteiger partial charge in [0.25, 0.3) is 0 Å². The Bertz CT molecular complexity index is 337. The average Bonchev–Trinajstić information content (AvgIpc) is 2.33. The van der Waals surface area contributed by atoms with Crippen LogP contribution in [0.1, 0.15) is 18.5 Å². The van der Waals surface area contributed by atoms with Crippen molar-refractivity contribution >= 4 is 15.9 Å². The molecule has 1 aliphatic heterocycles. The second-order valence-corrected chi connectivity index (χ2v) is 5.68. The van der Waals surface area contributed by atoms with Gasteiger partial charge in [0.1, 0.15) is 0 Å². The van der Waals surface area contributed by atoms with E-state index in [2.05, 4.69) is 43.3 Å². The third-order valence-electron chi connectivity index (χ3n) is 3.27. The third kappa shape index (κ3) is 4.05. The summed E-state index contributed by atoms with van der Waals surface area (Å²) in [6.07, 6.45) is 4.54. The molecule has 1 aliphatic rings. The van der Waals surface area contributed by atoms with E-state index in [-0.39, 0.29) is 0 Å². The van der Waals surface area contributed by atoms with Crippen LogP contribution in [0.3, 0.4) is 0 Å². The Kier molecular flexibility index (Phi) is 4.95. The highest BCUT2D eigenvalue weighted by Gasteiger charge is 2.19. The number of hydrogen-bond acceptors (Lipinski definition) is 3. The first-order valence-corrected chi connectivity index (χ1v) is 7.04. The van der Waals surface area contributed by atoms with Crippen LogP contribution >= 0.6 is 15.9 Å². The Labute approximate surface area is 112 Å². The standard InChI is InChI=1S/C13H20BrN3/c1-15-7-11-3-2-6-17(9-11)10-13-5-4-12(14)8-16-13/h4-5,8,11,15H,2-3,6-7,9-10H2,1H3. The van der Waals surface area contributed by atoms with Crippen LogP contribution in [0.2, 0.25) is 0 Å². The molecule has 17 heavy (non-hydrogen) atoms. The molecule has 0 spiro atoms. The van der Waals surface area contributed by atoms with Crippen LogP contribution in [0.4, 0.5) is 0 Å². The molecule has 1 aromatic rings. The molecular formula is C13H20BrN3. The normalized spacial score (nSPS) is 21.6. The van der Waals surface area contributed by atoms with Crippen molar-refractivity contribution in [1.29, 1.82) is 0 Å². The number of halogens is 1. The Hall–Kier alpha value is -0.450. The number of piperidine rings is 1. The highest BCUT2D eigenvalue weighted by atomic mass is 79.9. The fourth-order valence-electron chi connectivity index (χ4n) is 2.48. The first-order valence-electron chi connectivity index (χ1n) is 6.25. The number of rotatable bonds is 4. The van der Waals surface area contributed by atoms with E-state index in [9.17, 15) is 0 Å². The van der Waals surface area contributed by atoms with E-state index >= 15 is 0 Å². The molecule has 1 N–H and O–H groups in total. The van der Waals surface area contributed by atoms with Gasteiger partial charge < -0.3 is 5.32 Å². The van der Waals surface area contributed by atoms with E-state index in [4.69, 9.17) is 0 Å². The van der Waals surface area contributed by atoms with E-state index in [1.165, 1.54) is 31.6 Å². The van der Waals surface area contributed by atoms with Crippen molar-refractivity contribution in [3.8, 4) is 0 Å². The van der Waals surface area contributed by atoms with E-state index in [0.29, 0.717) is 0 Å². The minimum absolute atomic E-state index is 0.796. The lowest BCUT2D eigenvalue weighted by molar-refractivity contribution is 0.165. The minimum Gasteiger partial charge on any atom is -0.319 e.